The lowest BCUT2D eigenvalue weighted by molar-refractivity contribution is -0.131. The zero-order valence-corrected chi connectivity index (χ0v) is 19.4. The summed E-state index contributed by atoms with van der Waals surface area (Å²) < 4.78 is 13.0. The first-order chi connectivity index (χ1) is 16.0. The molecule has 0 radical (unpaired) electrons. The molecule has 0 aliphatic carbocycles. The highest BCUT2D eigenvalue weighted by Crippen LogP contribution is 2.30. The lowest BCUT2D eigenvalue weighted by atomic mass is 9.97. The van der Waals surface area contributed by atoms with Crippen molar-refractivity contribution in [2.75, 3.05) is 13.1 Å². The monoisotopic (exact) mass is 486 g/mol. The van der Waals surface area contributed by atoms with Crippen LogP contribution in [0, 0.1) is 5.82 Å². The van der Waals surface area contributed by atoms with Gasteiger partial charge < -0.3 is 4.90 Å². The Bertz CT molecular complexity index is 1110. The van der Waals surface area contributed by atoms with E-state index in [-0.39, 0.29) is 42.1 Å². The molecule has 0 atom stereocenters. The van der Waals surface area contributed by atoms with Gasteiger partial charge in [-0.05, 0) is 52.9 Å². The summed E-state index contributed by atoms with van der Waals surface area (Å²) in [4.78, 5) is 43.1. The largest absolute Gasteiger partial charge is 0.342 e. The SMILES string of the molecule is O=C(Cc1ccsc1)NNC(=O)c1csc(C2CCN(C(=O)Cc3ccc(F)cc3)CC2)n1. The van der Waals surface area contributed by atoms with Gasteiger partial charge in [0.1, 0.15) is 11.5 Å². The van der Waals surface area contributed by atoms with Crippen LogP contribution in [0.4, 0.5) is 4.39 Å². The van der Waals surface area contributed by atoms with Gasteiger partial charge in [-0.25, -0.2) is 9.37 Å². The predicted octanol–water partition coefficient (Wildman–Crippen LogP) is 3.30. The van der Waals surface area contributed by atoms with E-state index < -0.39 is 5.91 Å². The number of nitrogens with one attached hydrogen (secondary N) is 2. The number of halogens is 1. The zero-order valence-electron chi connectivity index (χ0n) is 17.8. The van der Waals surface area contributed by atoms with E-state index in [0.29, 0.717) is 13.1 Å². The minimum Gasteiger partial charge on any atom is -0.342 e. The second kappa shape index (κ2) is 10.7. The molecular weight excluding hydrogens is 463 g/mol. The molecule has 3 aromatic rings. The number of carbonyl (C=O) groups excluding carboxylic acids is 3. The van der Waals surface area contributed by atoms with Crippen LogP contribution in [0.15, 0.2) is 46.5 Å². The number of piperidine rings is 1. The van der Waals surface area contributed by atoms with Crippen molar-refractivity contribution in [2.45, 2.75) is 31.6 Å². The molecule has 1 fully saturated rings. The Kier molecular flexibility index (Phi) is 7.46. The number of amides is 3. The average molecular weight is 487 g/mol. The summed E-state index contributed by atoms with van der Waals surface area (Å²) in [6, 6.07) is 7.85. The summed E-state index contributed by atoms with van der Waals surface area (Å²) in [5, 5.41) is 6.32. The normalized spacial score (nSPS) is 14.2. The van der Waals surface area contributed by atoms with Gasteiger partial charge in [0, 0.05) is 24.4 Å². The van der Waals surface area contributed by atoms with E-state index in [1.54, 1.807) is 17.5 Å². The number of hydrogen-bond donors (Lipinski definition) is 2. The van der Waals surface area contributed by atoms with Crippen LogP contribution in [0.1, 0.15) is 45.4 Å². The molecule has 0 spiro atoms. The quantitative estimate of drug-likeness (QED) is 0.523. The highest BCUT2D eigenvalue weighted by molar-refractivity contribution is 7.10. The smallest absolute Gasteiger partial charge is 0.289 e. The van der Waals surface area contributed by atoms with E-state index in [1.807, 2.05) is 21.7 Å². The summed E-state index contributed by atoms with van der Waals surface area (Å²) in [6.07, 6.45) is 1.98. The molecule has 0 bridgehead atoms. The van der Waals surface area contributed by atoms with E-state index in [0.717, 1.165) is 29.0 Å². The molecule has 2 aromatic heterocycles. The summed E-state index contributed by atoms with van der Waals surface area (Å²) in [5.41, 5.74) is 6.78. The molecule has 0 unspecified atom stereocenters. The molecule has 0 saturated carbocycles. The van der Waals surface area contributed by atoms with Gasteiger partial charge in [-0.1, -0.05) is 12.1 Å². The highest BCUT2D eigenvalue weighted by atomic mass is 32.1. The van der Waals surface area contributed by atoms with Crippen LogP contribution in [0.25, 0.3) is 0 Å². The van der Waals surface area contributed by atoms with Crippen LogP contribution in [0.3, 0.4) is 0 Å². The fourth-order valence-corrected chi connectivity index (χ4v) is 5.30. The maximum atomic E-state index is 13.0. The molecule has 1 aliphatic rings. The molecule has 172 valence electrons. The van der Waals surface area contributed by atoms with Crippen LogP contribution in [0.2, 0.25) is 0 Å². The van der Waals surface area contributed by atoms with Crippen LogP contribution in [-0.4, -0.2) is 40.7 Å². The Morgan fingerprint density at radius 2 is 1.76 bits per heavy atom. The van der Waals surface area contributed by atoms with Crippen molar-refractivity contribution in [2.24, 2.45) is 0 Å². The summed E-state index contributed by atoms with van der Waals surface area (Å²) in [5.74, 6) is -0.862. The lowest BCUT2D eigenvalue weighted by Gasteiger charge is -2.31. The number of hydrazine groups is 1. The van der Waals surface area contributed by atoms with Gasteiger partial charge in [-0.15, -0.1) is 11.3 Å². The minimum absolute atomic E-state index is 0.0254. The summed E-state index contributed by atoms with van der Waals surface area (Å²) >= 11 is 2.92. The first-order valence-corrected chi connectivity index (χ1v) is 12.4. The van der Waals surface area contributed by atoms with Crippen molar-refractivity contribution in [1.82, 2.24) is 20.7 Å². The molecule has 3 heterocycles. The van der Waals surface area contributed by atoms with Crippen LogP contribution >= 0.6 is 22.7 Å². The molecule has 3 amide bonds. The molecule has 2 N–H and O–H groups in total. The third-order valence-corrected chi connectivity index (χ3v) is 7.22. The number of thiophene rings is 1. The zero-order chi connectivity index (χ0) is 23.2. The molecular formula is C23H23FN4O3S2. The number of aromatic nitrogens is 1. The van der Waals surface area contributed by atoms with E-state index in [9.17, 15) is 18.8 Å². The van der Waals surface area contributed by atoms with E-state index in [1.165, 1.54) is 34.8 Å². The lowest BCUT2D eigenvalue weighted by Crippen LogP contribution is -2.42. The van der Waals surface area contributed by atoms with Gasteiger partial charge in [0.05, 0.1) is 17.8 Å². The van der Waals surface area contributed by atoms with Gasteiger partial charge in [-0.3, -0.25) is 25.2 Å². The molecule has 1 aromatic carbocycles. The van der Waals surface area contributed by atoms with E-state index in [2.05, 4.69) is 15.8 Å². The van der Waals surface area contributed by atoms with Gasteiger partial charge in [0.2, 0.25) is 11.8 Å². The van der Waals surface area contributed by atoms with Crippen molar-refractivity contribution in [3.63, 3.8) is 0 Å². The first-order valence-electron chi connectivity index (χ1n) is 10.6. The fourth-order valence-electron chi connectivity index (χ4n) is 3.66. The van der Waals surface area contributed by atoms with Crippen molar-refractivity contribution < 1.29 is 18.8 Å². The van der Waals surface area contributed by atoms with Crippen molar-refractivity contribution >= 4 is 40.4 Å². The Balaban J connectivity index is 1.23. The maximum Gasteiger partial charge on any atom is 0.289 e. The average Bonchev–Trinajstić information content (AvgIpc) is 3.52. The number of benzene rings is 1. The molecule has 4 rings (SSSR count). The molecule has 7 nitrogen and oxygen atoms in total. The third kappa shape index (κ3) is 6.23. The highest BCUT2D eigenvalue weighted by Gasteiger charge is 2.26. The number of carbonyl (C=O) groups is 3. The van der Waals surface area contributed by atoms with Crippen LogP contribution in [-0.2, 0) is 22.4 Å². The molecule has 1 saturated heterocycles. The maximum absolute atomic E-state index is 13.0. The topological polar surface area (TPSA) is 91.4 Å². The second-order valence-electron chi connectivity index (χ2n) is 7.84. The van der Waals surface area contributed by atoms with Gasteiger partial charge in [0.25, 0.3) is 5.91 Å². The minimum atomic E-state index is -0.455. The second-order valence-corrected chi connectivity index (χ2v) is 9.51. The third-order valence-electron chi connectivity index (χ3n) is 5.48. The van der Waals surface area contributed by atoms with Crippen molar-refractivity contribution in [3.05, 3.63) is 74.1 Å². The molecule has 33 heavy (non-hydrogen) atoms. The summed E-state index contributed by atoms with van der Waals surface area (Å²) in [6.45, 7) is 1.23. The molecule has 10 heteroatoms. The number of hydrogen-bond acceptors (Lipinski definition) is 6. The van der Waals surface area contributed by atoms with Crippen LogP contribution < -0.4 is 10.9 Å². The van der Waals surface area contributed by atoms with Crippen LogP contribution in [0.5, 0.6) is 0 Å². The number of likely N-dealkylation sites (tertiary alicyclic amines) is 1. The van der Waals surface area contributed by atoms with Crippen molar-refractivity contribution in [3.8, 4) is 0 Å². The van der Waals surface area contributed by atoms with Crippen molar-refractivity contribution in [1.29, 1.82) is 0 Å². The summed E-state index contributed by atoms with van der Waals surface area (Å²) in [7, 11) is 0. The fraction of sp³-hybridized carbons (Fsp3) is 0.304. The van der Waals surface area contributed by atoms with Gasteiger partial charge in [-0.2, -0.15) is 11.3 Å². The molecule has 1 aliphatic heterocycles. The number of nitrogens with zero attached hydrogens (tertiary/aromatic N) is 2. The Morgan fingerprint density at radius 1 is 1.00 bits per heavy atom. The Morgan fingerprint density at radius 3 is 2.45 bits per heavy atom. The predicted molar refractivity (Wildman–Crippen MR) is 124 cm³/mol. The Labute approximate surface area is 198 Å². The van der Waals surface area contributed by atoms with Gasteiger partial charge in [0.15, 0.2) is 0 Å². The number of thiazole rings is 1. The van der Waals surface area contributed by atoms with Gasteiger partial charge >= 0.3 is 0 Å². The van der Waals surface area contributed by atoms with E-state index in [4.69, 9.17) is 0 Å². The van der Waals surface area contributed by atoms with E-state index >= 15 is 0 Å². The Hall–Kier alpha value is -3.11. The standard InChI is InChI=1S/C23H23FN4O3S2/c24-18-3-1-15(2-4-18)12-21(30)28-8-5-17(6-9-28)23-25-19(14-33-23)22(31)27-26-20(29)11-16-7-10-32-13-16/h1-4,7,10,13-14,17H,5-6,8-9,11-12H2,(H,26,29)(H,27,31). The number of rotatable bonds is 6. The first kappa shape index (κ1) is 23.1.